The maximum Gasteiger partial charge on any atom is 0.167 e. The van der Waals surface area contributed by atoms with E-state index in [-0.39, 0.29) is 0 Å². The summed E-state index contributed by atoms with van der Waals surface area (Å²) in [6.07, 6.45) is 1.44. The summed E-state index contributed by atoms with van der Waals surface area (Å²) in [7, 11) is 1.61. The Labute approximate surface area is 108 Å². The summed E-state index contributed by atoms with van der Waals surface area (Å²) >= 11 is 8.97. The normalized spacial score (nSPS) is 10.5. The van der Waals surface area contributed by atoms with Crippen LogP contribution in [0.4, 0.5) is 10.2 Å². The van der Waals surface area contributed by atoms with Crippen LogP contribution in [0.1, 0.15) is 0 Å². The second kappa shape index (κ2) is 7.04. The van der Waals surface area contributed by atoms with Crippen LogP contribution in [-0.4, -0.2) is 37.1 Å². The van der Waals surface area contributed by atoms with Crippen molar-refractivity contribution in [2.45, 2.75) is 0 Å². The molecule has 3 nitrogen and oxygen atoms in total. The van der Waals surface area contributed by atoms with Gasteiger partial charge in [0.15, 0.2) is 11.6 Å². The molecule has 0 aliphatic carbocycles. The molecule has 0 aromatic carbocycles. The smallest absolute Gasteiger partial charge is 0.167 e. The molecule has 0 amide bonds. The summed E-state index contributed by atoms with van der Waals surface area (Å²) in [5.74, 6) is -0.106. The van der Waals surface area contributed by atoms with E-state index in [0.717, 1.165) is 5.33 Å². The van der Waals surface area contributed by atoms with Crippen LogP contribution in [-0.2, 0) is 4.74 Å². The van der Waals surface area contributed by atoms with Gasteiger partial charge < -0.3 is 9.64 Å². The van der Waals surface area contributed by atoms with E-state index in [0.29, 0.717) is 30.5 Å². The summed E-state index contributed by atoms with van der Waals surface area (Å²) in [4.78, 5) is 5.80. The first-order valence-corrected chi connectivity index (χ1v) is 6.30. The highest BCUT2D eigenvalue weighted by Gasteiger charge is 2.12. The first kappa shape index (κ1) is 13.7. The van der Waals surface area contributed by atoms with E-state index in [9.17, 15) is 4.39 Å². The summed E-state index contributed by atoms with van der Waals surface area (Å²) in [6.45, 7) is 1.78. The minimum absolute atomic E-state index is 0.298. The van der Waals surface area contributed by atoms with Gasteiger partial charge in [-0.25, -0.2) is 9.37 Å². The monoisotopic (exact) mass is 310 g/mol. The molecule has 0 aliphatic heterocycles. The van der Waals surface area contributed by atoms with Crippen LogP contribution in [0.3, 0.4) is 0 Å². The van der Waals surface area contributed by atoms with Crippen molar-refractivity contribution in [1.29, 1.82) is 0 Å². The molecule has 0 bridgehead atoms. The topological polar surface area (TPSA) is 25.4 Å². The third-order valence-electron chi connectivity index (χ3n) is 2.01. The predicted molar refractivity (Wildman–Crippen MR) is 67.1 cm³/mol. The number of hydrogen-bond donors (Lipinski definition) is 0. The van der Waals surface area contributed by atoms with Crippen LogP contribution in [0.2, 0.25) is 5.02 Å². The molecule has 0 N–H and O–H groups in total. The van der Waals surface area contributed by atoms with Crippen molar-refractivity contribution >= 4 is 33.3 Å². The van der Waals surface area contributed by atoms with Crippen molar-refractivity contribution in [1.82, 2.24) is 4.98 Å². The lowest BCUT2D eigenvalue weighted by Gasteiger charge is -2.22. The van der Waals surface area contributed by atoms with Gasteiger partial charge in [0.25, 0.3) is 0 Å². The number of halogens is 3. The van der Waals surface area contributed by atoms with E-state index in [4.69, 9.17) is 16.3 Å². The maximum atomic E-state index is 13.6. The summed E-state index contributed by atoms with van der Waals surface area (Å²) in [5, 5.41) is 1.03. The SMILES string of the molecule is COCCN(CCBr)c1ncc(Cl)cc1F. The Balaban J connectivity index is 2.82. The number of pyridine rings is 1. The molecule has 0 atom stereocenters. The molecule has 1 aromatic rings. The minimum Gasteiger partial charge on any atom is -0.383 e. The molecule has 0 spiro atoms. The molecule has 90 valence electrons. The largest absolute Gasteiger partial charge is 0.383 e. The Morgan fingerprint density at radius 1 is 1.56 bits per heavy atom. The van der Waals surface area contributed by atoms with E-state index in [1.807, 2.05) is 4.90 Å². The average molecular weight is 312 g/mol. The minimum atomic E-state index is -0.412. The highest BCUT2D eigenvalue weighted by atomic mass is 79.9. The lowest BCUT2D eigenvalue weighted by Crippen LogP contribution is -2.30. The van der Waals surface area contributed by atoms with Gasteiger partial charge in [0.1, 0.15) is 0 Å². The van der Waals surface area contributed by atoms with Crippen molar-refractivity contribution in [3.05, 3.63) is 23.1 Å². The van der Waals surface area contributed by atoms with Crippen molar-refractivity contribution in [3.63, 3.8) is 0 Å². The van der Waals surface area contributed by atoms with Gasteiger partial charge in [-0.1, -0.05) is 27.5 Å². The van der Waals surface area contributed by atoms with Gasteiger partial charge >= 0.3 is 0 Å². The van der Waals surface area contributed by atoms with Gasteiger partial charge in [-0.15, -0.1) is 0 Å². The predicted octanol–water partition coefficient (Wildman–Crippen LogP) is 2.72. The fourth-order valence-corrected chi connectivity index (χ4v) is 1.84. The Morgan fingerprint density at radius 3 is 2.88 bits per heavy atom. The van der Waals surface area contributed by atoms with Crippen molar-refractivity contribution in [2.24, 2.45) is 0 Å². The van der Waals surface area contributed by atoms with Crippen molar-refractivity contribution < 1.29 is 9.13 Å². The van der Waals surface area contributed by atoms with Gasteiger partial charge in [0.2, 0.25) is 0 Å². The number of aromatic nitrogens is 1. The van der Waals surface area contributed by atoms with E-state index in [2.05, 4.69) is 20.9 Å². The Hall–Kier alpha value is -0.390. The molecule has 0 saturated carbocycles. The number of hydrogen-bond acceptors (Lipinski definition) is 3. The highest BCUT2D eigenvalue weighted by molar-refractivity contribution is 9.09. The average Bonchev–Trinajstić information content (AvgIpc) is 2.25. The second-order valence-electron chi connectivity index (χ2n) is 3.13. The van der Waals surface area contributed by atoms with E-state index < -0.39 is 5.82 Å². The molecule has 1 heterocycles. The Bertz CT molecular complexity index is 341. The molecule has 1 aromatic heterocycles. The third kappa shape index (κ3) is 3.88. The fourth-order valence-electron chi connectivity index (χ4n) is 1.27. The van der Waals surface area contributed by atoms with E-state index in [1.165, 1.54) is 12.3 Å². The van der Waals surface area contributed by atoms with Crippen LogP contribution in [0, 0.1) is 5.82 Å². The molecular weight excluding hydrogens is 298 g/mol. The van der Waals surface area contributed by atoms with Gasteiger partial charge in [0, 0.05) is 31.7 Å². The lowest BCUT2D eigenvalue weighted by atomic mass is 10.4. The number of anilines is 1. The van der Waals surface area contributed by atoms with Gasteiger partial charge in [-0.2, -0.15) is 0 Å². The number of alkyl halides is 1. The Morgan fingerprint density at radius 2 is 2.31 bits per heavy atom. The molecule has 0 radical (unpaired) electrons. The molecule has 0 saturated heterocycles. The molecular formula is C10H13BrClFN2O. The number of rotatable bonds is 6. The second-order valence-corrected chi connectivity index (χ2v) is 4.36. The standard InChI is InChI=1S/C10H13BrClFN2O/c1-16-5-4-15(3-2-11)10-9(13)6-8(12)7-14-10/h6-7H,2-5H2,1H3. The molecule has 0 aliphatic rings. The van der Waals surface area contributed by atoms with Crippen molar-refractivity contribution in [2.75, 3.05) is 37.0 Å². The van der Waals surface area contributed by atoms with Crippen LogP contribution < -0.4 is 4.90 Å². The third-order valence-corrected chi connectivity index (χ3v) is 2.57. The molecule has 1 rings (SSSR count). The highest BCUT2D eigenvalue weighted by Crippen LogP contribution is 2.19. The quantitative estimate of drug-likeness (QED) is 0.755. The number of nitrogens with zero attached hydrogens (tertiary/aromatic N) is 2. The van der Waals surface area contributed by atoms with Gasteiger partial charge in [0.05, 0.1) is 11.6 Å². The molecule has 0 unspecified atom stereocenters. The van der Waals surface area contributed by atoms with Gasteiger partial charge in [-0.05, 0) is 6.07 Å². The van der Waals surface area contributed by atoms with Crippen LogP contribution >= 0.6 is 27.5 Å². The fraction of sp³-hybridized carbons (Fsp3) is 0.500. The van der Waals surface area contributed by atoms with Gasteiger partial charge in [-0.3, -0.25) is 0 Å². The lowest BCUT2D eigenvalue weighted by molar-refractivity contribution is 0.205. The van der Waals surface area contributed by atoms with Crippen LogP contribution in [0.25, 0.3) is 0 Å². The zero-order chi connectivity index (χ0) is 12.0. The molecule has 16 heavy (non-hydrogen) atoms. The zero-order valence-corrected chi connectivity index (χ0v) is 11.3. The number of ether oxygens (including phenoxy) is 1. The zero-order valence-electron chi connectivity index (χ0n) is 8.92. The first-order chi connectivity index (χ1) is 7.69. The van der Waals surface area contributed by atoms with E-state index >= 15 is 0 Å². The maximum absolute atomic E-state index is 13.6. The summed E-state index contributed by atoms with van der Waals surface area (Å²) in [6, 6.07) is 1.26. The van der Waals surface area contributed by atoms with Crippen LogP contribution in [0.5, 0.6) is 0 Å². The molecule has 0 fully saturated rings. The summed E-state index contributed by atoms with van der Waals surface area (Å²) in [5.41, 5.74) is 0. The first-order valence-electron chi connectivity index (χ1n) is 4.80. The van der Waals surface area contributed by atoms with Crippen LogP contribution in [0.15, 0.2) is 12.3 Å². The van der Waals surface area contributed by atoms with Crippen molar-refractivity contribution in [3.8, 4) is 0 Å². The summed E-state index contributed by atoms with van der Waals surface area (Å²) < 4.78 is 18.6. The molecule has 6 heteroatoms. The van der Waals surface area contributed by atoms with E-state index in [1.54, 1.807) is 7.11 Å². The Kier molecular flexibility index (Phi) is 6.01. The number of methoxy groups -OCH3 is 1.